The standard InChI is InChI=1S/C22H16ClNO2S2/c23-17-10-8-15(9-11-17)13-24-21(25)19(18-7-4-12-27-18)20(22(24)26)28-14-16-5-2-1-3-6-16/h1-12H,13-14H2. The van der Waals surface area contributed by atoms with E-state index in [0.29, 0.717) is 21.3 Å². The highest BCUT2D eigenvalue weighted by molar-refractivity contribution is 8.03. The number of halogens is 1. The van der Waals surface area contributed by atoms with E-state index in [0.717, 1.165) is 16.0 Å². The molecule has 0 radical (unpaired) electrons. The van der Waals surface area contributed by atoms with Gasteiger partial charge in [-0.1, -0.05) is 60.1 Å². The van der Waals surface area contributed by atoms with Crippen molar-refractivity contribution in [2.45, 2.75) is 12.3 Å². The Morgan fingerprint density at radius 2 is 1.61 bits per heavy atom. The summed E-state index contributed by atoms with van der Waals surface area (Å²) in [5, 5.41) is 2.54. The highest BCUT2D eigenvalue weighted by atomic mass is 35.5. The number of carbonyl (C=O) groups excluding carboxylic acids is 2. The van der Waals surface area contributed by atoms with Gasteiger partial charge in [-0.15, -0.1) is 23.1 Å². The summed E-state index contributed by atoms with van der Waals surface area (Å²) in [5.41, 5.74) is 2.49. The minimum Gasteiger partial charge on any atom is -0.269 e. The molecule has 140 valence electrons. The van der Waals surface area contributed by atoms with Gasteiger partial charge in [-0.05, 0) is 34.7 Å². The van der Waals surface area contributed by atoms with Crippen LogP contribution in [0.25, 0.3) is 5.57 Å². The summed E-state index contributed by atoms with van der Waals surface area (Å²) in [6, 6.07) is 20.9. The maximum atomic E-state index is 13.1. The minimum atomic E-state index is -0.238. The van der Waals surface area contributed by atoms with Crippen LogP contribution in [0.15, 0.2) is 77.0 Å². The molecule has 0 bridgehead atoms. The average Bonchev–Trinajstić information content (AvgIpc) is 3.31. The van der Waals surface area contributed by atoms with E-state index in [1.54, 1.807) is 12.1 Å². The first-order valence-corrected chi connectivity index (χ1v) is 10.9. The van der Waals surface area contributed by atoms with Gasteiger partial charge in [0.2, 0.25) is 0 Å². The minimum absolute atomic E-state index is 0.232. The first kappa shape index (κ1) is 19.0. The van der Waals surface area contributed by atoms with Crippen molar-refractivity contribution in [1.82, 2.24) is 4.90 Å². The van der Waals surface area contributed by atoms with Crippen LogP contribution in [0.5, 0.6) is 0 Å². The fourth-order valence-electron chi connectivity index (χ4n) is 2.97. The molecular formula is C22H16ClNO2S2. The van der Waals surface area contributed by atoms with Crippen LogP contribution >= 0.6 is 34.7 Å². The Balaban J connectivity index is 1.62. The third-order valence-corrected chi connectivity index (χ3v) is 6.66. The molecule has 0 atom stereocenters. The lowest BCUT2D eigenvalue weighted by Crippen LogP contribution is -2.30. The molecular weight excluding hydrogens is 410 g/mol. The zero-order valence-electron chi connectivity index (χ0n) is 14.8. The highest BCUT2D eigenvalue weighted by Crippen LogP contribution is 2.39. The Morgan fingerprint density at radius 1 is 0.857 bits per heavy atom. The first-order chi connectivity index (χ1) is 13.6. The van der Waals surface area contributed by atoms with Crippen molar-refractivity contribution >= 4 is 52.1 Å². The molecule has 0 spiro atoms. The Hall–Kier alpha value is -2.34. The summed E-state index contributed by atoms with van der Waals surface area (Å²) in [6.45, 7) is 0.235. The van der Waals surface area contributed by atoms with Crippen molar-refractivity contribution in [2.75, 3.05) is 0 Å². The van der Waals surface area contributed by atoms with Gasteiger partial charge in [-0.2, -0.15) is 0 Å². The van der Waals surface area contributed by atoms with Gasteiger partial charge in [0.05, 0.1) is 17.0 Å². The Morgan fingerprint density at radius 3 is 2.29 bits per heavy atom. The zero-order valence-corrected chi connectivity index (χ0v) is 17.2. The first-order valence-electron chi connectivity index (χ1n) is 8.69. The van der Waals surface area contributed by atoms with Gasteiger partial charge in [-0.3, -0.25) is 14.5 Å². The summed E-state index contributed by atoms with van der Waals surface area (Å²) in [5.74, 6) is 0.168. The average molecular weight is 426 g/mol. The molecule has 2 aromatic carbocycles. The molecule has 3 nitrogen and oxygen atoms in total. The number of rotatable bonds is 6. The number of thioether (sulfide) groups is 1. The van der Waals surface area contributed by atoms with E-state index >= 15 is 0 Å². The van der Waals surface area contributed by atoms with Gasteiger partial charge in [-0.25, -0.2) is 0 Å². The number of benzene rings is 2. The summed E-state index contributed by atoms with van der Waals surface area (Å²) in [7, 11) is 0. The van der Waals surface area contributed by atoms with Crippen molar-refractivity contribution in [1.29, 1.82) is 0 Å². The number of imide groups is 1. The maximum Gasteiger partial charge on any atom is 0.268 e. The van der Waals surface area contributed by atoms with Crippen LogP contribution in [0, 0.1) is 0 Å². The molecule has 0 fully saturated rings. The molecule has 2 heterocycles. The molecule has 1 aromatic heterocycles. The van der Waals surface area contributed by atoms with E-state index < -0.39 is 0 Å². The van der Waals surface area contributed by atoms with Crippen LogP contribution in [0.2, 0.25) is 5.02 Å². The number of thiophene rings is 1. The smallest absolute Gasteiger partial charge is 0.268 e. The van der Waals surface area contributed by atoms with E-state index in [9.17, 15) is 9.59 Å². The molecule has 0 aliphatic carbocycles. The van der Waals surface area contributed by atoms with E-state index in [1.165, 1.54) is 28.0 Å². The quantitative estimate of drug-likeness (QED) is 0.481. The van der Waals surface area contributed by atoms with Gasteiger partial charge < -0.3 is 0 Å². The fraction of sp³-hybridized carbons (Fsp3) is 0.0909. The lowest BCUT2D eigenvalue weighted by molar-refractivity contribution is -0.137. The summed E-state index contributed by atoms with van der Waals surface area (Å²) in [6.07, 6.45) is 0. The Kier molecular flexibility index (Phi) is 5.67. The van der Waals surface area contributed by atoms with Crippen LogP contribution in [-0.2, 0) is 21.9 Å². The van der Waals surface area contributed by atoms with Gasteiger partial charge >= 0.3 is 0 Å². The molecule has 28 heavy (non-hydrogen) atoms. The van der Waals surface area contributed by atoms with Crippen LogP contribution in [-0.4, -0.2) is 16.7 Å². The van der Waals surface area contributed by atoms with Crippen LogP contribution in [0.1, 0.15) is 16.0 Å². The molecule has 2 amide bonds. The molecule has 4 rings (SSSR count). The van der Waals surface area contributed by atoms with Crippen molar-refractivity contribution in [3.8, 4) is 0 Å². The SMILES string of the molecule is O=C1C(SCc2ccccc2)=C(c2cccs2)C(=O)N1Cc1ccc(Cl)cc1. The molecule has 1 aliphatic rings. The molecule has 0 saturated carbocycles. The maximum absolute atomic E-state index is 13.1. The predicted molar refractivity (Wildman–Crippen MR) is 116 cm³/mol. The fourth-order valence-corrected chi connectivity index (χ4v) is 5.01. The highest BCUT2D eigenvalue weighted by Gasteiger charge is 2.39. The largest absolute Gasteiger partial charge is 0.269 e. The number of carbonyl (C=O) groups is 2. The predicted octanol–water partition coefficient (Wildman–Crippen LogP) is 5.62. The second-order valence-electron chi connectivity index (χ2n) is 6.28. The van der Waals surface area contributed by atoms with Crippen molar-refractivity contribution in [3.05, 3.63) is 98.0 Å². The number of hydrogen-bond acceptors (Lipinski definition) is 4. The molecule has 0 N–H and O–H groups in total. The van der Waals surface area contributed by atoms with E-state index in [1.807, 2.05) is 60.0 Å². The summed E-state index contributed by atoms with van der Waals surface area (Å²) >= 11 is 8.84. The second-order valence-corrected chi connectivity index (χ2v) is 8.65. The van der Waals surface area contributed by atoms with Gasteiger partial charge in [0.1, 0.15) is 0 Å². The van der Waals surface area contributed by atoms with Crippen LogP contribution < -0.4 is 0 Å². The van der Waals surface area contributed by atoms with Gasteiger partial charge in [0, 0.05) is 15.7 Å². The third-order valence-electron chi connectivity index (χ3n) is 4.37. The van der Waals surface area contributed by atoms with E-state index in [-0.39, 0.29) is 18.4 Å². The van der Waals surface area contributed by atoms with Crippen molar-refractivity contribution in [3.63, 3.8) is 0 Å². The molecule has 6 heteroatoms. The lowest BCUT2D eigenvalue weighted by Gasteiger charge is -2.15. The molecule has 0 unspecified atom stereocenters. The lowest BCUT2D eigenvalue weighted by atomic mass is 10.2. The van der Waals surface area contributed by atoms with E-state index in [2.05, 4.69) is 0 Å². The van der Waals surface area contributed by atoms with Crippen LogP contribution in [0.4, 0.5) is 0 Å². The second kappa shape index (κ2) is 8.35. The number of amides is 2. The summed E-state index contributed by atoms with van der Waals surface area (Å²) < 4.78 is 0. The molecule has 3 aromatic rings. The zero-order chi connectivity index (χ0) is 19.5. The number of nitrogens with zero attached hydrogens (tertiary/aromatic N) is 1. The Bertz CT molecular complexity index is 1030. The normalized spacial score (nSPS) is 14.2. The van der Waals surface area contributed by atoms with Gasteiger partial charge in [0.15, 0.2) is 0 Å². The molecule has 1 aliphatic heterocycles. The molecule has 0 saturated heterocycles. The topological polar surface area (TPSA) is 37.4 Å². The van der Waals surface area contributed by atoms with Crippen molar-refractivity contribution in [2.24, 2.45) is 0 Å². The van der Waals surface area contributed by atoms with E-state index in [4.69, 9.17) is 11.6 Å². The third kappa shape index (κ3) is 3.92. The Labute approximate surface area is 176 Å². The monoisotopic (exact) mass is 425 g/mol. The number of hydrogen-bond donors (Lipinski definition) is 0. The van der Waals surface area contributed by atoms with Gasteiger partial charge in [0.25, 0.3) is 11.8 Å². The summed E-state index contributed by atoms with van der Waals surface area (Å²) in [4.78, 5) is 28.9. The van der Waals surface area contributed by atoms with Crippen molar-refractivity contribution < 1.29 is 9.59 Å². The van der Waals surface area contributed by atoms with Crippen LogP contribution in [0.3, 0.4) is 0 Å².